The SMILES string of the molecule is NC(=O)CCOc1ccc(NC(=O)c2cccc(OCc3cccnc3)c2)cc1. The van der Waals surface area contributed by atoms with Gasteiger partial charge in [0.1, 0.15) is 18.1 Å². The zero-order valence-electron chi connectivity index (χ0n) is 15.7. The van der Waals surface area contributed by atoms with Crippen molar-refractivity contribution in [1.29, 1.82) is 0 Å². The summed E-state index contributed by atoms with van der Waals surface area (Å²) in [4.78, 5) is 27.3. The van der Waals surface area contributed by atoms with E-state index in [-0.39, 0.29) is 18.9 Å². The molecule has 0 saturated carbocycles. The number of nitrogens with zero attached hydrogens (tertiary/aromatic N) is 1. The Balaban J connectivity index is 1.55. The van der Waals surface area contributed by atoms with Gasteiger partial charge in [-0.25, -0.2) is 0 Å². The van der Waals surface area contributed by atoms with Crippen LogP contribution in [-0.2, 0) is 11.4 Å². The highest BCUT2D eigenvalue weighted by atomic mass is 16.5. The van der Waals surface area contributed by atoms with Crippen molar-refractivity contribution < 1.29 is 19.1 Å². The van der Waals surface area contributed by atoms with E-state index in [1.165, 1.54) is 0 Å². The molecule has 1 aromatic heterocycles. The van der Waals surface area contributed by atoms with Crippen LogP contribution in [-0.4, -0.2) is 23.4 Å². The molecule has 0 atom stereocenters. The Hall–Kier alpha value is -3.87. The number of hydrogen-bond donors (Lipinski definition) is 2. The van der Waals surface area contributed by atoms with Crippen LogP contribution >= 0.6 is 0 Å². The van der Waals surface area contributed by atoms with Crippen molar-refractivity contribution >= 4 is 17.5 Å². The van der Waals surface area contributed by atoms with Crippen molar-refractivity contribution in [1.82, 2.24) is 4.98 Å². The largest absolute Gasteiger partial charge is 0.493 e. The lowest BCUT2D eigenvalue weighted by Gasteiger charge is -2.10. The zero-order valence-corrected chi connectivity index (χ0v) is 15.7. The van der Waals surface area contributed by atoms with E-state index >= 15 is 0 Å². The summed E-state index contributed by atoms with van der Waals surface area (Å²) in [5, 5.41) is 2.83. The minimum Gasteiger partial charge on any atom is -0.493 e. The highest BCUT2D eigenvalue weighted by Crippen LogP contribution is 2.19. The van der Waals surface area contributed by atoms with Gasteiger partial charge in [-0.3, -0.25) is 14.6 Å². The molecule has 0 radical (unpaired) electrons. The van der Waals surface area contributed by atoms with Crippen molar-refractivity contribution in [2.45, 2.75) is 13.0 Å². The van der Waals surface area contributed by atoms with E-state index in [1.807, 2.05) is 12.1 Å². The smallest absolute Gasteiger partial charge is 0.255 e. The molecule has 3 aromatic rings. The quantitative estimate of drug-likeness (QED) is 0.583. The van der Waals surface area contributed by atoms with Crippen molar-refractivity contribution in [3.63, 3.8) is 0 Å². The Labute approximate surface area is 168 Å². The minimum absolute atomic E-state index is 0.150. The minimum atomic E-state index is -0.416. The van der Waals surface area contributed by atoms with E-state index in [4.69, 9.17) is 15.2 Å². The number of benzene rings is 2. The first-order valence-electron chi connectivity index (χ1n) is 9.04. The third-order valence-electron chi connectivity index (χ3n) is 3.95. The molecule has 2 amide bonds. The normalized spacial score (nSPS) is 10.2. The third kappa shape index (κ3) is 6.35. The fourth-order valence-corrected chi connectivity index (χ4v) is 2.48. The summed E-state index contributed by atoms with van der Waals surface area (Å²) >= 11 is 0. The zero-order chi connectivity index (χ0) is 20.5. The Kier molecular flexibility index (Phi) is 6.78. The Morgan fingerprint density at radius 2 is 1.79 bits per heavy atom. The van der Waals surface area contributed by atoms with E-state index in [0.717, 1.165) is 5.56 Å². The van der Waals surface area contributed by atoms with Crippen LogP contribution in [0.15, 0.2) is 73.1 Å². The second kappa shape index (κ2) is 9.89. The first-order valence-corrected chi connectivity index (χ1v) is 9.04. The molecule has 7 heteroatoms. The van der Waals surface area contributed by atoms with Gasteiger partial charge >= 0.3 is 0 Å². The van der Waals surface area contributed by atoms with Crippen LogP contribution in [0.1, 0.15) is 22.3 Å². The van der Waals surface area contributed by atoms with E-state index < -0.39 is 5.91 Å². The molecule has 0 unspecified atom stereocenters. The number of primary amides is 1. The van der Waals surface area contributed by atoms with Crippen molar-refractivity contribution in [2.24, 2.45) is 5.73 Å². The Bertz CT molecular complexity index is 959. The molecule has 1 heterocycles. The van der Waals surface area contributed by atoms with Crippen molar-refractivity contribution in [3.8, 4) is 11.5 Å². The predicted molar refractivity (Wildman–Crippen MR) is 109 cm³/mol. The summed E-state index contributed by atoms with van der Waals surface area (Å²) in [5.41, 5.74) is 7.12. The van der Waals surface area contributed by atoms with Crippen molar-refractivity contribution in [2.75, 3.05) is 11.9 Å². The van der Waals surface area contributed by atoms with Gasteiger partial charge in [0.15, 0.2) is 0 Å². The molecule has 0 aliphatic rings. The molecule has 2 aromatic carbocycles. The maximum Gasteiger partial charge on any atom is 0.255 e. The highest BCUT2D eigenvalue weighted by molar-refractivity contribution is 6.04. The molecule has 29 heavy (non-hydrogen) atoms. The Morgan fingerprint density at radius 3 is 2.52 bits per heavy atom. The predicted octanol–water partition coefficient (Wildman–Crippen LogP) is 3.17. The summed E-state index contributed by atoms with van der Waals surface area (Å²) < 4.78 is 11.1. The molecule has 0 aliphatic heterocycles. The number of amides is 2. The van der Waals surface area contributed by atoms with Gasteiger partial charge in [-0.1, -0.05) is 12.1 Å². The molecule has 0 bridgehead atoms. The lowest BCUT2D eigenvalue weighted by molar-refractivity contribution is -0.118. The van der Waals surface area contributed by atoms with Crippen LogP contribution in [0.4, 0.5) is 5.69 Å². The topological polar surface area (TPSA) is 104 Å². The van der Waals surface area contributed by atoms with Crippen LogP contribution in [0.25, 0.3) is 0 Å². The van der Waals surface area contributed by atoms with E-state index in [2.05, 4.69) is 10.3 Å². The monoisotopic (exact) mass is 391 g/mol. The second-order valence-corrected chi connectivity index (χ2v) is 6.22. The van der Waals surface area contributed by atoms with Crippen LogP contribution in [0.3, 0.4) is 0 Å². The van der Waals surface area contributed by atoms with Gasteiger partial charge in [0, 0.05) is 29.2 Å². The fraction of sp³-hybridized carbons (Fsp3) is 0.136. The van der Waals surface area contributed by atoms with Gasteiger partial charge in [-0.2, -0.15) is 0 Å². The average molecular weight is 391 g/mol. The second-order valence-electron chi connectivity index (χ2n) is 6.22. The Morgan fingerprint density at radius 1 is 0.966 bits per heavy atom. The lowest BCUT2D eigenvalue weighted by Crippen LogP contribution is -2.14. The molecular formula is C22H21N3O4. The number of anilines is 1. The van der Waals surface area contributed by atoms with Crippen LogP contribution < -0.4 is 20.5 Å². The standard InChI is InChI=1S/C22H21N3O4/c23-21(26)10-12-28-19-8-6-18(7-9-19)25-22(27)17-4-1-5-20(13-17)29-15-16-3-2-11-24-14-16/h1-9,11,13-14H,10,12,15H2,(H2,23,26)(H,25,27). The number of aromatic nitrogens is 1. The third-order valence-corrected chi connectivity index (χ3v) is 3.95. The van der Waals surface area contributed by atoms with Crippen LogP contribution in [0.2, 0.25) is 0 Å². The lowest BCUT2D eigenvalue weighted by atomic mass is 10.2. The first kappa shape index (κ1) is 19.9. The molecule has 0 spiro atoms. The van der Waals surface area contributed by atoms with Gasteiger partial charge < -0.3 is 20.5 Å². The summed E-state index contributed by atoms with van der Waals surface area (Å²) in [6.45, 7) is 0.586. The summed E-state index contributed by atoms with van der Waals surface area (Å²) in [6.07, 6.45) is 3.59. The van der Waals surface area contributed by atoms with Crippen LogP contribution in [0.5, 0.6) is 11.5 Å². The number of nitrogens with two attached hydrogens (primary N) is 1. The molecule has 0 fully saturated rings. The maximum absolute atomic E-state index is 12.5. The molecule has 0 aliphatic carbocycles. The maximum atomic E-state index is 12.5. The van der Waals surface area contributed by atoms with Crippen LogP contribution in [0, 0.1) is 0 Å². The number of carbonyl (C=O) groups is 2. The summed E-state index contributed by atoms with van der Waals surface area (Å²) in [7, 11) is 0. The fourth-order valence-electron chi connectivity index (χ4n) is 2.48. The average Bonchev–Trinajstić information content (AvgIpc) is 2.74. The summed E-state index contributed by atoms with van der Waals surface area (Å²) in [6, 6.07) is 17.6. The number of carbonyl (C=O) groups excluding carboxylic acids is 2. The first-order chi connectivity index (χ1) is 14.1. The number of rotatable bonds is 9. The van der Waals surface area contributed by atoms with Gasteiger partial charge in [-0.15, -0.1) is 0 Å². The molecule has 0 saturated heterocycles. The van der Waals surface area contributed by atoms with Gasteiger partial charge in [0.25, 0.3) is 5.91 Å². The van der Waals surface area contributed by atoms with Crippen molar-refractivity contribution in [3.05, 3.63) is 84.2 Å². The molecule has 148 valence electrons. The van der Waals surface area contributed by atoms with Gasteiger partial charge in [0.2, 0.25) is 5.91 Å². The van der Waals surface area contributed by atoms with Gasteiger partial charge in [-0.05, 0) is 48.5 Å². The highest BCUT2D eigenvalue weighted by Gasteiger charge is 2.08. The van der Waals surface area contributed by atoms with Gasteiger partial charge in [0.05, 0.1) is 13.0 Å². The number of nitrogens with one attached hydrogen (secondary N) is 1. The van der Waals surface area contributed by atoms with E-state index in [0.29, 0.717) is 29.4 Å². The van der Waals surface area contributed by atoms with E-state index in [1.54, 1.807) is 60.9 Å². The number of ether oxygens (including phenoxy) is 2. The number of hydrogen-bond acceptors (Lipinski definition) is 5. The molecule has 3 N–H and O–H groups in total. The number of pyridine rings is 1. The molecular weight excluding hydrogens is 370 g/mol. The molecule has 7 nitrogen and oxygen atoms in total. The van der Waals surface area contributed by atoms with E-state index in [9.17, 15) is 9.59 Å². The molecule has 3 rings (SSSR count). The summed E-state index contributed by atoms with van der Waals surface area (Å²) in [5.74, 6) is 0.523.